The zero-order chi connectivity index (χ0) is 36.0. The van der Waals surface area contributed by atoms with Gasteiger partial charge in [0.25, 0.3) is 0 Å². The van der Waals surface area contributed by atoms with Crippen LogP contribution in [0.25, 0.3) is 22.3 Å². The van der Waals surface area contributed by atoms with Gasteiger partial charge in [-0.3, -0.25) is 27.8 Å². The predicted molar refractivity (Wildman–Crippen MR) is 155 cm³/mol. The summed E-state index contributed by atoms with van der Waals surface area (Å²) in [6.45, 7) is -2.36. The summed E-state index contributed by atoms with van der Waals surface area (Å²) in [6, 6.07) is 0. The van der Waals surface area contributed by atoms with E-state index in [0.29, 0.717) is 0 Å². The number of carbonyl (C=O) groups is 4. The lowest BCUT2D eigenvalue weighted by Crippen LogP contribution is -2.27. The second-order valence-corrected chi connectivity index (χ2v) is 13.6. The Kier molecular flexibility index (Phi) is 11.9. The Morgan fingerprint density at radius 1 is 0.633 bits per heavy atom. The summed E-state index contributed by atoms with van der Waals surface area (Å²) in [5.41, 5.74) is 11.5. The number of phosphoric acid groups is 3. The molecule has 29 heteroatoms. The number of nitrogens with two attached hydrogens (primary N) is 2. The molecular weight excluding hydrogens is 729 g/mol. The summed E-state index contributed by atoms with van der Waals surface area (Å²) in [5.74, 6) is -0.0823. The van der Waals surface area contributed by atoms with Crippen LogP contribution in [0.15, 0.2) is 25.3 Å². The molecule has 264 valence electrons. The van der Waals surface area contributed by atoms with Crippen molar-refractivity contribution in [2.45, 2.75) is 24.7 Å². The Bertz CT molecular complexity index is 1860. The molecule has 0 saturated carbocycles. The van der Waals surface area contributed by atoms with Gasteiger partial charge in [-0.1, -0.05) is 0 Å². The molecule has 0 fully saturated rings. The maximum atomic E-state index is 12.3. The highest BCUT2D eigenvalue weighted by Gasteiger charge is 2.43. The molecule has 7 N–H and O–H groups in total. The van der Waals surface area contributed by atoms with Crippen LogP contribution in [0.4, 0.5) is 11.6 Å². The third kappa shape index (κ3) is 9.45. The van der Waals surface area contributed by atoms with E-state index in [1.165, 1.54) is 0 Å². The lowest BCUT2D eigenvalue weighted by atomic mass is 10.4. The number of nitrogens with zero attached hydrogens (tertiary/aromatic N) is 8. The highest BCUT2D eigenvalue weighted by molar-refractivity contribution is 7.66. The zero-order valence-corrected chi connectivity index (χ0v) is 26.7. The number of hydrogen-bond donors (Lipinski definition) is 5. The number of fused-ring (bicyclic) bond motifs is 2. The molecule has 4 heterocycles. The van der Waals surface area contributed by atoms with Gasteiger partial charge in [-0.25, -0.2) is 43.6 Å². The van der Waals surface area contributed by atoms with Gasteiger partial charge in [-0.15, -0.1) is 0 Å². The number of aromatic nitrogens is 8. The standard InChI is InChI=1S/C20H23N10O16P3/c21-17-15-19(25-7-23-17)29(9-27-15)13(3-33)43-11(1-31)5-41-47(35,36)45-49(39,40)46-48(37,38)42-6-12(2-32)44-14(4-34)30-10-28-16-18(22)24-8-26-20(16)30/h1-4,7-14H,5-6H2,(H,35,36)(H,37,38)(H,39,40)(H2,21,23,25)(H2,22,24,26)/t11-,12-,13+,14+/m0/s1. The van der Waals surface area contributed by atoms with Gasteiger partial charge in [-0.2, -0.15) is 8.62 Å². The summed E-state index contributed by atoms with van der Waals surface area (Å²) in [5, 5.41) is 0. The van der Waals surface area contributed by atoms with Gasteiger partial charge in [0.2, 0.25) is 0 Å². The molecule has 0 radical (unpaired) electrons. The van der Waals surface area contributed by atoms with Crippen LogP contribution in [0.2, 0.25) is 0 Å². The second kappa shape index (κ2) is 15.5. The van der Waals surface area contributed by atoms with Gasteiger partial charge >= 0.3 is 23.5 Å². The Morgan fingerprint density at radius 2 is 1.02 bits per heavy atom. The molecular formula is C20H23N10O16P3. The fourth-order valence-corrected chi connectivity index (χ4v) is 7.20. The highest BCUT2D eigenvalue weighted by Crippen LogP contribution is 2.67. The van der Waals surface area contributed by atoms with E-state index in [2.05, 4.69) is 47.6 Å². The Morgan fingerprint density at radius 3 is 1.37 bits per heavy atom. The zero-order valence-electron chi connectivity index (χ0n) is 24.1. The Hall–Kier alpha value is -4.29. The number of phosphoric ester groups is 2. The first-order valence-corrected chi connectivity index (χ1v) is 17.3. The topological polar surface area (TPSA) is 375 Å². The highest BCUT2D eigenvalue weighted by atomic mass is 31.3. The van der Waals surface area contributed by atoms with Gasteiger partial charge < -0.3 is 45.2 Å². The first-order chi connectivity index (χ1) is 23.1. The Balaban J connectivity index is 1.32. The van der Waals surface area contributed by atoms with E-state index in [4.69, 9.17) is 20.9 Å². The number of anilines is 2. The molecule has 0 aliphatic rings. The van der Waals surface area contributed by atoms with Crippen LogP contribution in [0, 0.1) is 0 Å². The number of carbonyl (C=O) groups excluding carboxylic acids is 4. The molecule has 4 aromatic heterocycles. The fourth-order valence-electron chi connectivity index (χ4n) is 3.68. The first kappa shape index (κ1) is 37.5. The van der Waals surface area contributed by atoms with Crippen LogP contribution in [-0.4, -0.2) is 104 Å². The van der Waals surface area contributed by atoms with Crippen molar-refractivity contribution >= 4 is 82.6 Å². The van der Waals surface area contributed by atoms with E-state index in [1.807, 2.05) is 0 Å². The number of nitrogen functional groups attached to an aromatic ring is 2. The van der Waals surface area contributed by atoms with Crippen molar-refractivity contribution in [2.24, 2.45) is 0 Å². The van der Waals surface area contributed by atoms with E-state index < -0.39 is 61.3 Å². The minimum atomic E-state index is -6.01. The van der Waals surface area contributed by atoms with Crippen molar-refractivity contribution in [1.82, 2.24) is 39.0 Å². The number of aldehydes is 4. The van der Waals surface area contributed by atoms with Gasteiger partial charge in [0, 0.05) is 0 Å². The maximum absolute atomic E-state index is 12.3. The number of hydrogen-bond acceptors (Lipinski definition) is 21. The summed E-state index contributed by atoms with van der Waals surface area (Å²) in [6.07, 6.45) is -2.13. The van der Waals surface area contributed by atoms with Crippen molar-refractivity contribution in [2.75, 3.05) is 24.7 Å². The SMILES string of the molecule is Nc1ncnc2c1ncn2[C@@H](C=O)O[C@@H](C=O)COP(=O)(O)OP(=O)(O)OP(=O)(O)OC[C@H](C=O)O[C@H](C=O)n1cnc2c(N)ncnc21. The van der Waals surface area contributed by atoms with Crippen LogP contribution >= 0.6 is 23.5 Å². The fraction of sp³-hybridized carbons (Fsp3) is 0.300. The van der Waals surface area contributed by atoms with Crippen molar-refractivity contribution in [3.8, 4) is 0 Å². The summed E-state index contributed by atoms with van der Waals surface area (Å²) in [7, 11) is -17.4. The van der Waals surface area contributed by atoms with Gasteiger partial charge in [0.15, 0.2) is 60.5 Å². The van der Waals surface area contributed by atoms with E-state index >= 15 is 0 Å². The second-order valence-electron chi connectivity index (χ2n) is 9.00. The summed E-state index contributed by atoms with van der Waals surface area (Å²) < 4.78 is 66.2. The summed E-state index contributed by atoms with van der Waals surface area (Å²) >= 11 is 0. The maximum Gasteiger partial charge on any atom is 0.490 e. The largest absolute Gasteiger partial charge is 0.490 e. The lowest BCUT2D eigenvalue weighted by Gasteiger charge is -2.22. The molecule has 0 amide bonds. The molecule has 4 aromatic rings. The molecule has 0 aliphatic heterocycles. The quantitative estimate of drug-likeness (QED) is 0.0520. The van der Waals surface area contributed by atoms with Crippen LogP contribution in [-0.2, 0) is 60.0 Å². The van der Waals surface area contributed by atoms with Crippen LogP contribution < -0.4 is 11.5 Å². The minimum absolute atomic E-state index is 0.0161. The average molecular weight is 752 g/mol. The normalized spacial score (nSPS) is 18.0. The monoisotopic (exact) mass is 752 g/mol. The third-order valence-corrected chi connectivity index (χ3v) is 9.96. The molecule has 0 bridgehead atoms. The minimum Gasteiger partial charge on any atom is -0.382 e. The van der Waals surface area contributed by atoms with Crippen molar-refractivity contribution in [1.29, 1.82) is 0 Å². The molecule has 6 atom stereocenters. The molecule has 4 rings (SSSR count). The molecule has 0 saturated heterocycles. The van der Waals surface area contributed by atoms with E-state index in [-0.39, 0.29) is 59.1 Å². The first-order valence-electron chi connectivity index (χ1n) is 12.8. The molecule has 0 spiro atoms. The molecule has 26 nitrogen and oxygen atoms in total. The third-order valence-electron chi connectivity index (χ3n) is 5.70. The number of ether oxygens (including phenoxy) is 2. The van der Waals surface area contributed by atoms with Crippen LogP contribution in [0.5, 0.6) is 0 Å². The van der Waals surface area contributed by atoms with Crippen molar-refractivity contribution in [3.63, 3.8) is 0 Å². The predicted octanol–water partition coefficient (Wildman–Crippen LogP) is -1.24. The smallest absolute Gasteiger partial charge is 0.382 e. The average Bonchev–Trinajstić information content (AvgIpc) is 3.67. The van der Waals surface area contributed by atoms with Crippen LogP contribution in [0.3, 0.4) is 0 Å². The van der Waals surface area contributed by atoms with E-state index in [1.54, 1.807) is 0 Å². The molecule has 2 unspecified atom stereocenters. The Labute approximate surface area is 271 Å². The van der Waals surface area contributed by atoms with Crippen molar-refractivity contribution < 1.29 is 74.7 Å². The molecule has 0 aromatic carbocycles. The van der Waals surface area contributed by atoms with E-state index in [9.17, 15) is 47.6 Å². The van der Waals surface area contributed by atoms with E-state index in [0.717, 1.165) is 34.4 Å². The van der Waals surface area contributed by atoms with Gasteiger partial charge in [0.05, 0.1) is 25.9 Å². The lowest BCUT2D eigenvalue weighted by molar-refractivity contribution is -0.140. The summed E-state index contributed by atoms with van der Waals surface area (Å²) in [4.78, 5) is 99.0. The van der Waals surface area contributed by atoms with Gasteiger partial charge in [-0.05, 0) is 0 Å². The van der Waals surface area contributed by atoms with Gasteiger partial charge in [0.1, 0.15) is 35.9 Å². The number of rotatable bonds is 20. The molecule has 0 aliphatic carbocycles. The number of imidazole rings is 2. The van der Waals surface area contributed by atoms with Crippen LogP contribution in [0.1, 0.15) is 12.5 Å². The molecule has 49 heavy (non-hydrogen) atoms. The van der Waals surface area contributed by atoms with Crippen molar-refractivity contribution in [3.05, 3.63) is 25.3 Å².